The van der Waals surface area contributed by atoms with Gasteiger partial charge < -0.3 is 9.72 Å². The van der Waals surface area contributed by atoms with E-state index < -0.39 is 11.6 Å². The largest absolute Gasteiger partial charge is 0.381 e. The zero-order valence-corrected chi connectivity index (χ0v) is 13.8. The van der Waals surface area contributed by atoms with Crippen molar-refractivity contribution in [1.82, 2.24) is 25.0 Å². The van der Waals surface area contributed by atoms with Crippen LogP contribution in [0.1, 0.15) is 17.9 Å². The summed E-state index contributed by atoms with van der Waals surface area (Å²) in [5, 5.41) is 8.40. The van der Waals surface area contributed by atoms with E-state index in [-0.39, 0.29) is 5.03 Å². The number of H-pyrrole nitrogens is 1. The Morgan fingerprint density at radius 3 is 3.04 bits per heavy atom. The van der Waals surface area contributed by atoms with Crippen molar-refractivity contribution in [2.24, 2.45) is 5.92 Å². The van der Waals surface area contributed by atoms with Gasteiger partial charge in [-0.1, -0.05) is 16.8 Å². The zero-order valence-electron chi connectivity index (χ0n) is 13.0. The summed E-state index contributed by atoms with van der Waals surface area (Å²) in [4.78, 5) is 7.03. The van der Waals surface area contributed by atoms with Crippen molar-refractivity contribution in [3.05, 3.63) is 41.5 Å². The van der Waals surface area contributed by atoms with Gasteiger partial charge in [-0.3, -0.25) is 4.68 Å². The van der Waals surface area contributed by atoms with Crippen LogP contribution in [0.25, 0.3) is 22.1 Å². The average molecular weight is 366 g/mol. The van der Waals surface area contributed by atoms with Crippen LogP contribution in [0.3, 0.4) is 0 Å². The molecule has 3 aromatic rings. The van der Waals surface area contributed by atoms with Gasteiger partial charge in [-0.2, -0.15) is 0 Å². The number of hydrogen-bond acceptors (Lipinski definition) is 4. The van der Waals surface area contributed by atoms with E-state index in [2.05, 4.69) is 20.3 Å². The van der Waals surface area contributed by atoms with E-state index in [1.807, 2.05) is 0 Å². The summed E-state index contributed by atoms with van der Waals surface area (Å²) >= 11 is 6.25. The molecule has 4 rings (SSSR count). The van der Waals surface area contributed by atoms with E-state index in [0.29, 0.717) is 28.5 Å². The molecule has 2 aromatic heterocycles. The predicted molar refractivity (Wildman–Crippen MR) is 88.7 cm³/mol. The quantitative estimate of drug-likeness (QED) is 0.771. The normalized spacial score (nSPS) is 18.4. The average Bonchev–Trinajstić information content (AvgIpc) is 3.30. The number of ether oxygens (including phenoxy) is 1. The van der Waals surface area contributed by atoms with E-state index in [1.54, 1.807) is 17.0 Å². The summed E-state index contributed by atoms with van der Waals surface area (Å²) in [6.45, 7) is 2.25. The summed E-state index contributed by atoms with van der Waals surface area (Å²) in [5.74, 6) is -1.15. The van der Waals surface area contributed by atoms with Crippen molar-refractivity contribution in [2.75, 3.05) is 13.2 Å². The Labute approximate surface area is 146 Å². The van der Waals surface area contributed by atoms with Crippen LogP contribution >= 0.6 is 11.6 Å². The molecule has 0 saturated carbocycles. The van der Waals surface area contributed by atoms with Crippen LogP contribution in [0.2, 0.25) is 0 Å². The number of aromatic nitrogens is 5. The van der Waals surface area contributed by atoms with Crippen LogP contribution in [0.5, 0.6) is 0 Å². The number of imidazole rings is 1. The minimum Gasteiger partial charge on any atom is -0.381 e. The minimum absolute atomic E-state index is 0.272. The highest BCUT2D eigenvalue weighted by Crippen LogP contribution is 2.23. The lowest BCUT2D eigenvalue weighted by Crippen LogP contribution is -2.10. The first-order valence-electron chi connectivity index (χ1n) is 7.79. The van der Waals surface area contributed by atoms with Crippen LogP contribution in [0.4, 0.5) is 8.78 Å². The van der Waals surface area contributed by atoms with Gasteiger partial charge >= 0.3 is 0 Å². The lowest BCUT2D eigenvalue weighted by molar-refractivity contribution is 0.181. The van der Waals surface area contributed by atoms with E-state index in [0.717, 1.165) is 38.3 Å². The molecule has 3 heterocycles. The molecule has 130 valence electrons. The van der Waals surface area contributed by atoms with Crippen molar-refractivity contribution < 1.29 is 13.5 Å². The number of nitrogens with one attached hydrogen (secondary N) is 1. The molecule has 1 aromatic carbocycles. The third kappa shape index (κ3) is 3.40. The van der Waals surface area contributed by atoms with Gasteiger partial charge in [0, 0.05) is 31.2 Å². The lowest BCUT2D eigenvalue weighted by atomic mass is 10.1. The molecule has 0 bridgehead atoms. The number of hydrogen-bond donors (Lipinski definition) is 1. The number of nitrogens with zero attached hydrogens (tertiary/aromatic N) is 4. The molecule has 0 spiro atoms. The first-order chi connectivity index (χ1) is 12.1. The Balaban J connectivity index is 1.55. The molecule has 1 atom stereocenters. The maximum Gasteiger partial charge on any atom is 0.161 e. The standard InChI is InChI=1S/C16H14ClF2N5O/c17-11(16-20-14-4-12(18)13(19)5-15(14)21-16)3-10-7-24(23-22-10)6-9-1-2-25-8-9/h3-5,7,9H,1-2,6,8H2,(H,20,21)/b11-3-. The molecule has 1 aliphatic rings. The second-order valence-electron chi connectivity index (χ2n) is 5.96. The Morgan fingerprint density at radius 2 is 2.24 bits per heavy atom. The minimum atomic E-state index is -0.954. The van der Waals surface area contributed by atoms with Gasteiger partial charge in [0.15, 0.2) is 11.6 Å². The van der Waals surface area contributed by atoms with Crippen LogP contribution < -0.4 is 0 Å². The van der Waals surface area contributed by atoms with E-state index in [1.165, 1.54) is 0 Å². The summed E-state index contributed by atoms with van der Waals surface area (Å²) in [7, 11) is 0. The molecule has 6 nitrogen and oxygen atoms in total. The van der Waals surface area contributed by atoms with Gasteiger partial charge in [0.1, 0.15) is 11.5 Å². The molecule has 25 heavy (non-hydrogen) atoms. The molecule has 0 amide bonds. The molecule has 9 heteroatoms. The van der Waals surface area contributed by atoms with Crippen LogP contribution in [-0.4, -0.2) is 38.2 Å². The summed E-state index contributed by atoms with van der Waals surface area (Å²) < 4.78 is 33.6. The molecular weight excluding hydrogens is 352 g/mol. The summed E-state index contributed by atoms with van der Waals surface area (Å²) in [6, 6.07) is 2.07. The fourth-order valence-electron chi connectivity index (χ4n) is 2.78. The van der Waals surface area contributed by atoms with E-state index in [4.69, 9.17) is 16.3 Å². The van der Waals surface area contributed by atoms with Gasteiger partial charge in [-0.15, -0.1) is 5.10 Å². The van der Waals surface area contributed by atoms with Crippen LogP contribution in [0, 0.1) is 17.6 Å². The first kappa shape index (κ1) is 16.2. The maximum absolute atomic E-state index is 13.3. The second-order valence-corrected chi connectivity index (χ2v) is 6.36. The summed E-state index contributed by atoms with van der Waals surface area (Å²) in [5.41, 5.74) is 1.23. The third-order valence-electron chi connectivity index (χ3n) is 4.05. The fraction of sp³-hybridized carbons (Fsp3) is 0.312. The number of rotatable bonds is 4. The Kier molecular flexibility index (Phi) is 4.22. The molecule has 1 unspecified atom stereocenters. The molecule has 1 fully saturated rings. The molecule has 0 aliphatic carbocycles. The van der Waals surface area contributed by atoms with Crippen LogP contribution in [0.15, 0.2) is 18.3 Å². The SMILES string of the molecule is Fc1cc2nc(/C(Cl)=C/c3cn(CC4CCOC4)nn3)[nH]c2cc1F. The summed E-state index contributed by atoms with van der Waals surface area (Å²) in [6.07, 6.45) is 4.39. The lowest BCUT2D eigenvalue weighted by Gasteiger charge is -2.05. The first-order valence-corrected chi connectivity index (χ1v) is 8.16. The smallest absolute Gasteiger partial charge is 0.161 e. The van der Waals surface area contributed by atoms with Crippen molar-refractivity contribution in [3.63, 3.8) is 0 Å². The maximum atomic E-state index is 13.3. The topological polar surface area (TPSA) is 68.6 Å². The molecular formula is C16H14ClF2N5O. The highest BCUT2D eigenvalue weighted by Gasteiger charge is 2.17. The number of fused-ring (bicyclic) bond motifs is 1. The zero-order chi connectivity index (χ0) is 17.4. The van der Waals surface area contributed by atoms with Crippen molar-refractivity contribution in [3.8, 4) is 0 Å². The van der Waals surface area contributed by atoms with E-state index in [9.17, 15) is 8.78 Å². The van der Waals surface area contributed by atoms with Gasteiger partial charge in [-0.25, -0.2) is 13.8 Å². The third-order valence-corrected chi connectivity index (χ3v) is 4.34. The Bertz CT molecular complexity index is 906. The van der Waals surface area contributed by atoms with Crippen molar-refractivity contribution >= 4 is 33.7 Å². The molecule has 1 N–H and O–H groups in total. The molecule has 1 saturated heterocycles. The highest BCUT2D eigenvalue weighted by atomic mass is 35.5. The van der Waals surface area contributed by atoms with Gasteiger partial charge in [0.25, 0.3) is 0 Å². The number of aromatic amines is 1. The predicted octanol–water partition coefficient (Wildman–Crippen LogP) is 3.21. The van der Waals surface area contributed by atoms with Crippen LogP contribution in [-0.2, 0) is 11.3 Å². The Hall–Kier alpha value is -2.32. The van der Waals surface area contributed by atoms with Gasteiger partial charge in [0.2, 0.25) is 0 Å². The molecule has 0 radical (unpaired) electrons. The van der Waals surface area contributed by atoms with Crippen molar-refractivity contribution in [1.29, 1.82) is 0 Å². The number of benzene rings is 1. The fourth-order valence-corrected chi connectivity index (χ4v) is 2.98. The van der Waals surface area contributed by atoms with Gasteiger partial charge in [-0.05, 0) is 12.5 Å². The number of halogens is 3. The van der Waals surface area contributed by atoms with Crippen molar-refractivity contribution in [2.45, 2.75) is 13.0 Å². The van der Waals surface area contributed by atoms with Gasteiger partial charge in [0.05, 0.1) is 28.9 Å². The Morgan fingerprint density at radius 1 is 1.40 bits per heavy atom. The monoisotopic (exact) mass is 365 g/mol. The molecule has 1 aliphatic heterocycles. The van der Waals surface area contributed by atoms with E-state index >= 15 is 0 Å². The highest BCUT2D eigenvalue weighted by molar-refractivity contribution is 6.50. The second kappa shape index (κ2) is 6.53.